The van der Waals surface area contributed by atoms with Crippen LogP contribution in [0.3, 0.4) is 0 Å². The Hall–Kier alpha value is -3.19. The van der Waals surface area contributed by atoms with Crippen LogP contribution in [0.15, 0.2) is 53.6 Å². The van der Waals surface area contributed by atoms with Crippen LogP contribution in [-0.2, 0) is 4.79 Å². The van der Waals surface area contributed by atoms with Gasteiger partial charge in [0.2, 0.25) is 11.9 Å². The fraction of sp³-hybridized carbons (Fsp3) is 0.304. The molecule has 1 saturated carbocycles. The number of carbonyl (C=O) groups is 1. The number of anilines is 1. The van der Waals surface area contributed by atoms with E-state index in [9.17, 15) is 9.59 Å². The van der Waals surface area contributed by atoms with Crippen molar-refractivity contribution >= 4 is 23.5 Å². The van der Waals surface area contributed by atoms with Crippen LogP contribution in [0.2, 0.25) is 5.02 Å². The van der Waals surface area contributed by atoms with Crippen LogP contribution in [-0.4, -0.2) is 33.9 Å². The Labute approximate surface area is 185 Å². The van der Waals surface area contributed by atoms with Crippen LogP contribution in [0.5, 0.6) is 0 Å². The molecule has 8 heteroatoms. The van der Waals surface area contributed by atoms with Crippen LogP contribution in [0.25, 0.3) is 22.4 Å². The van der Waals surface area contributed by atoms with E-state index in [1.165, 1.54) is 0 Å². The average Bonchev–Trinajstić information content (AvgIpc) is 2.80. The number of rotatable bonds is 5. The van der Waals surface area contributed by atoms with Crippen molar-refractivity contribution in [2.45, 2.75) is 31.7 Å². The van der Waals surface area contributed by atoms with E-state index < -0.39 is 0 Å². The van der Waals surface area contributed by atoms with Crippen LogP contribution in [0, 0.1) is 5.92 Å². The summed E-state index contributed by atoms with van der Waals surface area (Å²) in [5.41, 5.74) is 2.63. The first-order valence-electron chi connectivity index (χ1n) is 10.3. The number of amides is 1. The highest BCUT2D eigenvalue weighted by Gasteiger charge is 2.26. The minimum atomic E-state index is -0.150. The molecule has 7 nitrogen and oxygen atoms in total. The molecule has 160 valence electrons. The number of hydrogen-bond donors (Lipinski definition) is 3. The van der Waals surface area contributed by atoms with Crippen LogP contribution >= 0.6 is 11.6 Å². The molecule has 1 aliphatic carbocycles. The van der Waals surface area contributed by atoms with E-state index in [1.807, 2.05) is 24.3 Å². The Morgan fingerprint density at radius 1 is 1.13 bits per heavy atom. The number of benzene rings is 1. The van der Waals surface area contributed by atoms with Gasteiger partial charge < -0.3 is 15.6 Å². The number of H-pyrrole nitrogens is 1. The summed E-state index contributed by atoms with van der Waals surface area (Å²) in [4.78, 5) is 35.7. The van der Waals surface area contributed by atoms with Crippen LogP contribution in [0.1, 0.15) is 25.7 Å². The SMILES string of the molecule is CNC(=O)C1CCC(Nc2ncc(Cl)c(-c3cccc(-c4ccc[nH]c4=O)c3)n2)CC1. The van der Waals surface area contributed by atoms with Gasteiger partial charge >= 0.3 is 0 Å². The van der Waals surface area contributed by atoms with Gasteiger partial charge in [0.25, 0.3) is 5.56 Å². The summed E-state index contributed by atoms with van der Waals surface area (Å²) in [6.45, 7) is 0. The summed E-state index contributed by atoms with van der Waals surface area (Å²) in [6.07, 6.45) is 6.63. The molecule has 0 saturated heterocycles. The van der Waals surface area contributed by atoms with Crippen molar-refractivity contribution in [2.24, 2.45) is 5.92 Å². The number of aromatic nitrogens is 3. The Morgan fingerprint density at radius 2 is 1.90 bits per heavy atom. The summed E-state index contributed by atoms with van der Waals surface area (Å²) >= 11 is 6.41. The number of hydrogen-bond acceptors (Lipinski definition) is 5. The van der Waals surface area contributed by atoms with E-state index in [1.54, 1.807) is 31.6 Å². The van der Waals surface area contributed by atoms with Gasteiger partial charge in [0.05, 0.1) is 16.9 Å². The zero-order valence-corrected chi connectivity index (χ0v) is 17.9. The van der Waals surface area contributed by atoms with E-state index in [0.29, 0.717) is 22.2 Å². The fourth-order valence-electron chi connectivity index (χ4n) is 4.01. The Morgan fingerprint density at radius 3 is 2.65 bits per heavy atom. The van der Waals surface area contributed by atoms with Crippen molar-refractivity contribution in [3.8, 4) is 22.4 Å². The Bertz CT molecular complexity index is 1140. The van der Waals surface area contributed by atoms with Gasteiger partial charge in [0.15, 0.2) is 0 Å². The molecular formula is C23H24ClN5O2. The zero-order chi connectivity index (χ0) is 21.8. The second-order valence-corrected chi connectivity index (χ2v) is 8.10. The van der Waals surface area contributed by atoms with Gasteiger partial charge in [0.1, 0.15) is 0 Å². The van der Waals surface area contributed by atoms with E-state index >= 15 is 0 Å². The van der Waals surface area contributed by atoms with Crippen LogP contribution in [0.4, 0.5) is 5.95 Å². The quantitative estimate of drug-likeness (QED) is 0.562. The van der Waals surface area contributed by atoms with Gasteiger partial charge in [-0.15, -0.1) is 0 Å². The lowest BCUT2D eigenvalue weighted by Crippen LogP contribution is -2.34. The molecular weight excluding hydrogens is 414 g/mol. The lowest BCUT2D eigenvalue weighted by atomic mass is 9.85. The fourth-order valence-corrected chi connectivity index (χ4v) is 4.21. The maximum absolute atomic E-state index is 12.2. The smallest absolute Gasteiger partial charge is 0.255 e. The second kappa shape index (κ2) is 9.31. The van der Waals surface area contributed by atoms with Crippen molar-refractivity contribution in [1.29, 1.82) is 0 Å². The first kappa shape index (κ1) is 21.1. The molecule has 1 aliphatic rings. The number of nitrogens with one attached hydrogen (secondary N) is 3. The van der Waals surface area contributed by atoms with Gasteiger partial charge in [-0.2, -0.15) is 0 Å². The normalized spacial score (nSPS) is 18.4. The number of carbonyl (C=O) groups excluding carboxylic acids is 1. The molecule has 0 unspecified atom stereocenters. The zero-order valence-electron chi connectivity index (χ0n) is 17.2. The summed E-state index contributed by atoms with van der Waals surface area (Å²) in [5.74, 6) is 0.694. The molecule has 1 aromatic carbocycles. The number of nitrogens with zero attached hydrogens (tertiary/aromatic N) is 2. The number of pyridine rings is 1. The third-order valence-corrected chi connectivity index (χ3v) is 5.96. The standard InChI is InChI=1S/C23H24ClN5O2/c1-25-21(30)14-7-9-17(10-8-14)28-23-27-13-19(24)20(29-23)16-5-2-4-15(12-16)18-6-3-11-26-22(18)31/h2-6,11-14,17H,7-10H2,1H3,(H,25,30)(H,26,31)(H,27,28,29). The second-order valence-electron chi connectivity index (χ2n) is 7.69. The van der Waals surface area contributed by atoms with Gasteiger partial charge in [-0.1, -0.05) is 29.8 Å². The monoisotopic (exact) mass is 437 g/mol. The summed E-state index contributed by atoms with van der Waals surface area (Å²) in [6, 6.07) is 11.4. The lowest BCUT2D eigenvalue weighted by Gasteiger charge is -2.28. The van der Waals surface area contributed by atoms with Crippen molar-refractivity contribution < 1.29 is 4.79 Å². The highest BCUT2D eigenvalue weighted by molar-refractivity contribution is 6.32. The largest absolute Gasteiger partial charge is 0.359 e. The number of halogens is 1. The van der Waals surface area contributed by atoms with Gasteiger partial charge in [0, 0.05) is 36.3 Å². The molecule has 2 aromatic heterocycles. The van der Waals surface area contributed by atoms with E-state index in [2.05, 4.69) is 25.6 Å². The Kier molecular flexibility index (Phi) is 6.32. The van der Waals surface area contributed by atoms with Gasteiger partial charge in [-0.25, -0.2) is 9.97 Å². The van der Waals surface area contributed by atoms with E-state index in [-0.39, 0.29) is 23.4 Å². The lowest BCUT2D eigenvalue weighted by molar-refractivity contribution is -0.125. The molecule has 0 atom stereocenters. The maximum atomic E-state index is 12.2. The summed E-state index contributed by atoms with van der Waals surface area (Å²) in [5, 5.41) is 6.55. The van der Waals surface area contributed by atoms with Gasteiger partial charge in [-0.05, 0) is 49.4 Å². The van der Waals surface area contributed by atoms with Crippen LogP contribution < -0.4 is 16.2 Å². The van der Waals surface area contributed by atoms with E-state index in [0.717, 1.165) is 36.8 Å². The molecule has 1 fully saturated rings. The predicted molar refractivity (Wildman–Crippen MR) is 122 cm³/mol. The predicted octanol–water partition coefficient (Wildman–Crippen LogP) is 3.87. The average molecular weight is 438 g/mol. The molecule has 0 spiro atoms. The molecule has 1 amide bonds. The summed E-state index contributed by atoms with van der Waals surface area (Å²) < 4.78 is 0. The third kappa shape index (κ3) is 4.77. The van der Waals surface area contributed by atoms with E-state index in [4.69, 9.17) is 11.6 Å². The molecule has 4 rings (SSSR count). The van der Waals surface area contributed by atoms with Crippen molar-refractivity contribution in [3.63, 3.8) is 0 Å². The third-order valence-electron chi connectivity index (χ3n) is 5.69. The first-order valence-corrected chi connectivity index (χ1v) is 10.7. The molecule has 31 heavy (non-hydrogen) atoms. The molecule has 2 heterocycles. The highest BCUT2D eigenvalue weighted by Crippen LogP contribution is 2.30. The first-order chi connectivity index (χ1) is 15.0. The topological polar surface area (TPSA) is 99.8 Å². The minimum absolute atomic E-state index is 0.0774. The minimum Gasteiger partial charge on any atom is -0.359 e. The van der Waals surface area contributed by atoms with Crippen molar-refractivity contribution in [1.82, 2.24) is 20.3 Å². The molecule has 3 N–H and O–H groups in total. The highest BCUT2D eigenvalue weighted by atomic mass is 35.5. The van der Waals surface area contributed by atoms with Crippen molar-refractivity contribution in [2.75, 3.05) is 12.4 Å². The molecule has 0 aliphatic heterocycles. The maximum Gasteiger partial charge on any atom is 0.255 e. The molecule has 3 aromatic rings. The molecule has 0 bridgehead atoms. The summed E-state index contributed by atoms with van der Waals surface area (Å²) in [7, 11) is 1.68. The van der Waals surface area contributed by atoms with Crippen molar-refractivity contribution in [3.05, 3.63) is 64.2 Å². The number of aromatic amines is 1. The Balaban J connectivity index is 1.54. The molecule has 0 radical (unpaired) electrons. The van der Waals surface area contributed by atoms with Gasteiger partial charge in [-0.3, -0.25) is 9.59 Å².